The summed E-state index contributed by atoms with van der Waals surface area (Å²) in [5, 5.41) is 9.89. The van der Waals surface area contributed by atoms with E-state index in [0.717, 1.165) is 13.1 Å². The molecular formula is C18H27FN2O2. The predicted molar refractivity (Wildman–Crippen MR) is 88.7 cm³/mol. The van der Waals surface area contributed by atoms with Crippen LogP contribution in [-0.2, 0) is 10.2 Å². The highest BCUT2D eigenvalue weighted by Crippen LogP contribution is 2.28. The molecule has 0 unspecified atom stereocenters. The molecule has 1 aliphatic rings. The van der Waals surface area contributed by atoms with E-state index < -0.39 is 11.0 Å². The number of piperazine rings is 1. The summed E-state index contributed by atoms with van der Waals surface area (Å²) in [5.41, 5.74) is -1.19. The maximum atomic E-state index is 14.1. The van der Waals surface area contributed by atoms with Crippen LogP contribution in [0.5, 0.6) is 0 Å². The predicted octanol–water partition coefficient (Wildman–Crippen LogP) is 2.02. The Balaban J connectivity index is 2.03. The van der Waals surface area contributed by atoms with E-state index in [0.29, 0.717) is 25.2 Å². The van der Waals surface area contributed by atoms with Crippen LogP contribution in [0.1, 0.15) is 33.3 Å². The SMILES string of the molecule is CC(C)(O)CN1CCN(C(=O)C(C)(C)c2ccccc2F)CC1. The van der Waals surface area contributed by atoms with Crippen molar-refractivity contribution in [3.05, 3.63) is 35.6 Å². The van der Waals surface area contributed by atoms with Gasteiger partial charge in [-0.25, -0.2) is 4.39 Å². The average Bonchev–Trinajstić information content (AvgIpc) is 2.46. The maximum absolute atomic E-state index is 14.1. The summed E-state index contributed by atoms with van der Waals surface area (Å²) in [6.07, 6.45) is 0. The molecule has 0 atom stereocenters. The third-order valence-corrected chi connectivity index (χ3v) is 4.35. The first-order valence-electron chi connectivity index (χ1n) is 8.10. The van der Waals surface area contributed by atoms with Crippen molar-refractivity contribution >= 4 is 5.91 Å². The minimum Gasteiger partial charge on any atom is -0.389 e. The van der Waals surface area contributed by atoms with Crippen LogP contribution in [0.2, 0.25) is 0 Å². The summed E-state index contributed by atoms with van der Waals surface area (Å²) in [4.78, 5) is 16.8. The minimum atomic E-state index is -0.885. The Kier molecular flexibility index (Phi) is 5.11. The third-order valence-electron chi connectivity index (χ3n) is 4.35. The number of aliphatic hydroxyl groups is 1. The van der Waals surface area contributed by atoms with Crippen LogP contribution in [-0.4, -0.2) is 59.1 Å². The van der Waals surface area contributed by atoms with Crippen LogP contribution >= 0.6 is 0 Å². The average molecular weight is 322 g/mol. The first kappa shape index (κ1) is 17.9. The van der Waals surface area contributed by atoms with E-state index in [-0.39, 0.29) is 11.7 Å². The van der Waals surface area contributed by atoms with Gasteiger partial charge in [0.1, 0.15) is 5.82 Å². The van der Waals surface area contributed by atoms with Crippen molar-refractivity contribution in [2.45, 2.75) is 38.7 Å². The summed E-state index contributed by atoms with van der Waals surface area (Å²) in [5.74, 6) is -0.392. The van der Waals surface area contributed by atoms with Gasteiger partial charge in [-0.3, -0.25) is 9.69 Å². The smallest absolute Gasteiger partial charge is 0.232 e. The van der Waals surface area contributed by atoms with Gasteiger partial charge in [0.15, 0.2) is 0 Å². The molecule has 128 valence electrons. The number of nitrogens with zero attached hydrogens (tertiary/aromatic N) is 2. The molecule has 1 aliphatic heterocycles. The lowest BCUT2D eigenvalue weighted by molar-refractivity contribution is -0.138. The Morgan fingerprint density at radius 1 is 1.13 bits per heavy atom. The largest absolute Gasteiger partial charge is 0.389 e. The molecule has 0 bridgehead atoms. The summed E-state index contributed by atoms with van der Waals surface area (Å²) < 4.78 is 14.1. The van der Waals surface area contributed by atoms with Gasteiger partial charge in [0, 0.05) is 38.3 Å². The number of β-amino-alcohol motifs (C(OH)–C–C–N with tert-alkyl or cyclic N) is 1. The fourth-order valence-electron chi connectivity index (χ4n) is 3.13. The summed E-state index contributed by atoms with van der Waals surface area (Å²) in [7, 11) is 0. The van der Waals surface area contributed by atoms with Crippen molar-refractivity contribution in [1.82, 2.24) is 9.80 Å². The number of hydrogen-bond acceptors (Lipinski definition) is 3. The van der Waals surface area contributed by atoms with Crippen molar-refractivity contribution in [2.24, 2.45) is 0 Å². The van der Waals surface area contributed by atoms with E-state index in [4.69, 9.17) is 0 Å². The third kappa shape index (κ3) is 4.30. The molecule has 0 spiro atoms. The lowest BCUT2D eigenvalue weighted by atomic mass is 9.82. The fourth-order valence-corrected chi connectivity index (χ4v) is 3.13. The molecule has 1 aromatic rings. The molecule has 1 N–H and O–H groups in total. The number of carbonyl (C=O) groups is 1. The molecule has 0 saturated carbocycles. The second-order valence-corrected chi connectivity index (χ2v) is 7.49. The maximum Gasteiger partial charge on any atom is 0.232 e. The molecule has 23 heavy (non-hydrogen) atoms. The van der Waals surface area contributed by atoms with Gasteiger partial charge in [0.05, 0.1) is 11.0 Å². The van der Waals surface area contributed by atoms with Crippen LogP contribution in [0.15, 0.2) is 24.3 Å². The number of amides is 1. The van der Waals surface area contributed by atoms with Crippen LogP contribution in [0.25, 0.3) is 0 Å². The molecule has 1 fully saturated rings. The van der Waals surface area contributed by atoms with Gasteiger partial charge < -0.3 is 10.0 Å². The zero-order chi connectivity index (χ0) is 17.3. The highest BCUT2D eigenvalue weighted by Gasteiger charge is 2.37. The number of halogens is 1. The zero-order valence-electron chi connectivity index (χ0n) is 14.5. The lowest BCUT2D eigenvalue weighted by Gasteiger charge is -2.40. The number of carbonyl (C=O) groups excluding carboxylic acids is 1. The molecule has 0 aliphatic carbocycles. The molecule has 1 saturated heterocycles. The fraction of sp³-hybridized carbons (Fsp3) is 0.611. The van der Waals surface area contributed by atoms with Crippen molar-refractivity contribution in [3.8, 4) is 0 Å². The van der Waals surface area contributed by atoms with Gasteiger partial charge in [-0.1, -0.05) is 18.2 Å². The molecule has 2 rings (SSSR count). The molecule has 0 aromatic heterocycles. The van der Waals surface area contributed by atoms with Gasteiger partial charge in [-0.15, -0.1) is 0 Å². The topological polar surface area (TPSA) is 43.8 Å². The first-order valence-corrected chi connectivity index (χ1v) is 8.10. The molecule has 1 amide bonds. The number of hydrogen-bond donors (Lipinski definition) is 1. The Morgan fingerprint density at radius 3 is 2.22 bits per heavy atom. The van der Waals surface area contributed by atoms with Gasteiger partial charge in [-0.05, 0) is 33.8 Å². The van der Waals surface area contributed by atoms with E-state index in [9.17, 15) is 14.3 Å². The van der Waals surface area contributed by atoms with E-state index in [1.54, 1.807) is 50.8 Å². The number of benzene rings is 1. The number of rotatable bonds is 4. The van der Waals surface area contributed by atoms with Gasteiger partial charge in [0.25, 0.3) is 0 Å². The van der Waals surface area contributed by atoms with Crippen molar-refractivity contribution < 1.29 is 14.3 Å². The Bertz CT molecular complexity index is 558. The quantitative estimate of drug-likeness (QED) is 0.922. The van der Waals surface area contributed by atoms with Crippen LogP contribution in [0.3, 0.4) is 0 Å². The van der Waals surface area contributed by atoms with Crippen molar-refractivity contribution in [2.75, 3.05) is 32.7 Å². The first-order chi connectivity index (χ1) is 10.6. The Labute approximate surface area is 137 Å². The zero-order valence-corrected chi connectivity index (χ0v) is 14.5. The summed E-state index contributed by atoms with van der Waals surface area (Å²) >= 11 is 0. The molecule has 1 heterocycles. The van der Waals surface area contributed by atoms with Gasteiger partial charge in [-0.2, -0.15) is 0 Å². The monoisotopic (exact) mass is 322 g/mol. The van der Waals surface area contributed by atoms with Crippen LogP contribution < -0.4 is 0 Å². The van der Waals surface area contributed by atoms with Crippen LogP contribution in [0, 0.1) is 5.82 Å². The summed E-state index contributed by atoms with van der Waals surface area (Å²) in [6.45, 7) is 10.4. The van der Waals surface area contributed by atoms with Crippen LogP contribution in [0.4, 0.5) is 4.39 Å². The van der Waals surface area contributed by atoms with E-state index in [2.05, 4.69) is 4.90 Å². The highest BCUT2D eigenvalue weighted by molar-refractivity contribution is 5.87. The molecule has 4 nitrogen and oxygen atoms in total. The van der Waals surface area contributed by atoms with Crippen molar-refractivity contribution in [1.29, 1.82) is 0 Å². The minimum absolute atomic E-state index is 0.0505. The van der Waals surface area contributed by atoms with Gasteiger partial charge in [0.2, 0.25) is 5.91 Å². The molecule has 1 aromatic carbocycles. The second-order valence-electron chi connectivity index (χ2n) is 7.49. The lowest BCUT2D eigenvalue weighted by Crippen LogP contribution is -2.55. The van der Waals surface area contributed by atoms with Crippen molar-refractivity contribution in [3.63, 3.8) is 0 Å². The van der Waals surface area contributed by atoms with Gasteiger partial charge >= 0.3 is 0 Å². The van der Waals surface area contributed by atoms with E-state index in [1.807, 2.05) is 0 Å². The summed E-state index contributed by atoms with van der Waals surface area (Å²) in [6, 6.07) is 6.47. The van der Waals surface area contributed by atoms with E-state index >= 15 is 0 Å². The van der Waals surface area contributed by atoms with E-state index in [1.165, 1.54) is 6.07 Å². The Morgan fingerprint density at radius 2 is 1.70 bits per heavy atom. The molecule has 0 radical (unpaired) electrons. The molecule has 5 heteroatoms. The second kappa shape index (κ2) is 6.57. The Hall–Kier alpha value is -1.46. The molecular weight excluding hydrogens is 295 g/mol. The standard InChI is InChI=1S/C18H27FN2O2/c1-17(2,23)13-20-9-11-21(12-10-20)16(22)18(3,4)14-7-5-6-8-15(14)19/h5-8,23H,9-13H2,1-4H3. The highest BCUT2D eigenvalue weighted by atomic mass is 19.1. The normalized spacial score (nSPS) is 17.4.